The summed E-state index contributed by atoms with van der Waals surface area (Å²) in [6.07, 6.45) is 14.2. The summed E-state index contributed by atoms with van der Waals surface area (Å²) in [5.74, 6) is -0.606. The molecule has 1 aromatic heterocycles. The first kappa shape index (κ1) is 18.9. The van der Waals surface area contributed by atoms with Crippen molar-refractivity contribution in [2.45, 2.75) is 64.8 Å². The molecule has 0 atom stereocenters. The van der Waals surface area contributed by atoms with Crippen LogP contribution in [0.3, 0.4) is 0 Å². The zero-order valence-corrected chi connectivity index (χ0v) is 13.3. The number of unbranched alkanes of at least 4 members (excludes halogenated alkanes) is 7. The summed E-state index contributed by atoms with van der Waals surface area (Å²) in [4.78, 5) is 0. The lowest BCUT2D eigenvalue weighted by Gasteiger charge is -2.05. The third-order valence-electron chi connectivity index (χ3n) is 3.39. The van der Waals surface area contributed by atoms with Crippen LogP contribution in [0, 0.1) is 5.41 Å². The highest BCUT2D eigenvalue weighted by Gasteiger charge is 2.02. The van der Waals surface area contributed by atoms with Gasteiger partial charge in [0.25, 0.3) is 0 Å². The molecular formula is C16H27ClN2O. The maximum absolute atomic E-state index is 11.0. The SMILES string of the molecule is CCCCCCCCCC[n+]1cccc(C(=N)[O-])c1.Cl. The second-order valence-electron chi connectivity index (χ2n) is 5.13. The Hall–Kier alpha value is -1.09. The zero-order chi connectivity index (χ0) is 13.9. The van der Waals surface area contributed by atoms with Crippen LogP contribution in [0.5, 0.6) is 0 Å². The van der Waals surface area contributed by atoms with Gasteiger partial charge in [0, 0.05) is 18.1 Å². The fourth-order valence-electron chi connectivity index (χ4n) is 2.22. The van der Waals surface area contributed by atoms with Crippen LogP contribution in [0.25, 0.3) is 0 Å². The van der Waals surface area contributed by atoms with Gasteiger partial charge in [-0.25, -0.2) is 4.57 Å². The zero-order valence-electron chi connectivity index (χ0n) is 12.4. The fourth-order valence-corrected chi connectivity index (χ4v) is 2.22. The first-order chi connectivity index (χ1) is 9.24. The normalized spacial score (nSPS) is 10.1. The lowest BCUT2D eigenvalue weighted by molar-refractivity contribution is -0.697. The monoisotopic (exact) mass is 298 g/mol. The quantitative estimate of drug-likeness (QED) is 0.307. The molecule has 0 fully saturated rings. The van der Waals surface area contributed by atoms with Crippen molar-refractivity contribution in [3.63, 3.8) is 0 Å². The van der Waals surface area contributed by atoms with Gasteiger partial charge in [0.05, 0.1) is 0 Å². The van der Waals surface area contributed by atoms with E-state index in [9.17, 15) is 5.11 Å². The summed E-state index contributed by atoms with van der Waals surface area (Å²) in [5.41, 5.74) is 0.474. The molecule has 0 aliphatic rings. The maximum Gasteiger partial charge on any atom is 0.176 e. The summed E-state index contributed by atoms with van der Waals surface area (Å²) in [7, 11) is 0. The predicted molar refractivity (Wildman–Crippen MR) is 83.3 cm³/mol. The molecular weight excluding hydrogens is 272 g/mol. The van der Waals surface area contributed by atoms with E-state index in [4.69, 9.17) is 5.41 Å². The first-order valence-electron chi connectivity index (χ1n) is 7.49. The number of rotatable bonds is 10. The molecule has 0 radical (unpaired) electrons. The number of hydrogen-bond acceptors (Lipinski definition) is 2. The summed E-state index contributed by atoms with van der Waals surface area (Å²) in [6, 6.07) is 3.53. The summed E-state index contributed by atoms with van der Waals surface area (Å²) in [6.45, 7) is 3.18. The number of aromatic nitrogens is 1. The Labute approximate surface area is 129 Å². The molecule has 1 rings (SSSR count). The maximum atomic E-state index is 11.0. The van der Waals surface area contributed by atoms with Crippen molar-refractivity contribution in [3.05, 3.63) is 30.1 Å². The van der Waals surface area contributed by atoms with Crippen LogP contribution in [0.15, 0.2) is 24.5 Å². The molecule has 0 unspecified atom stereocenters. The summed E-state index contributed by atoms with van der Waals surface area (Å²) < 4.78 is 2.01. The van der Waals surface area contributed by atoms with E-state index in [1.165, 1.54) is 44.9 Å². The van der Waals surface area contributed by atoms with Gasteiger partial charge in [-0.3, -0.25) is 0 Å². The number of halogens is 1. The molecule has 114 valence electrons. The standard InChI is InChI=1S/C16H26N2O.ClH/c1-2-3-4-5-6-7-8-9-12-18-13-10-11-15(14-18)16(17)19;/h10-11,13-14H,2-9,12H2,1H3,(H-,17,19);1H. The second-order valence-corrected chi connectivity index (χ2v) is 5.13. The minimum Gasteiger partial charge on any atom is -0.859 e. The van der Waals surface area contributed by atoms with Crippen molar-refractivity contribution in [1.29, 1.82) is 5.41 Å². The fraction of sp³-hybridized carbons (Fsp3) is 0.625. The molecule has 0 spiro atoms. The molecule has 0 saturated heterocycles. The van der Waals surface area contributed by atoms with Gasteiger partial charge in [0.15, 0.2) is 12.4 Å². The van der Waals surface area contributed by atoms with Crippen LogP contribution >= 0.6 is 12.4 Å². The minimum atomic E-state index is -0.606. The largest absolute Gasteiger partial charge is 0.859 e. The van der Waals surface area contributed by atoms with Gasteiger partial charge in [0.1, 0.15) is 6.54 Å². The third kappa shape index (κ3) is 8.16. The van der Waals surface area contributed by atoms with Crippen molar-refractivity contribution < 1.29 is 9.67 Å². The molecule has 0 aliphatic carbocycles. The topological polar surface area (TPSA) is 50.8 Å². The molecule has 4 heteroatoms. The number of nitrogens with zero attached hydrogens (tertiary/aromatic N) is 1. The molecule has 0 amide bonds. The number of nitrogens with one attached hydrogen (secondary N) is 1. The molecule has 3 nitrogen and oxygen atoms in total. The average molecular weight is 299 g/mol. The lowest BCUT2D eigenvalue weighted by atomic mass is 10.1. The molecule has 1 heterocycles. The summed E-state index contributed by atoms with van der Waals surface area (Å²) >= 11 is 0. The van der Waals surface area contributed by atoms with Gasteiger partial charge >= 0.3 is 0 Å². The van der Waals surface area contributed by atoms with Crippen LogP contribution in [0.1, 0.15) is 63.9 Å². The van der Waals surface area contributed by atoms with Gasteiger partial charge < -0.3 is 10.5 Å². The molecule has 0 bridgehead atoms. The predicted octanol–water partition coefficient (Wildman–Crippen LogP) is 3.22. The van der Waals surface area contributed by atoms with Crippen LogP contribution in [0.4, 0.5) is 0 Å². The van der Waals surface area contributed by atoms with E-state index >= 15 is 0 Å². The van der Waals surface area contributed by atoms with E-state index in [0.717, 1.165) is 13.0 Å². The van der Waals surface area contributed by atoms with Crippen LogP contribution < -0.4 is 9.67 Å². The van der Waals surface area contributed by atoms with Gasteiger partial charge in [-0.05, 0) is 18.4 Å². The Balaban J connectivity index is 0.00000361. The van der Waals surface area contributed by atoms with Crippen molar-refractivity contribution in [2.24, 2.45) is 0 Å². The van der Waals surface area contributed by atoms with Crippen molar-refractivity contribution in [2.75, 3.05) is 0 Å². The highest BCUT2D eigenvalue weighted by molar-refractivity contribution is 5.87. The Bertz CT molecular complexity index is 382. The van der Waals surface area contributed by atoms with Crippen LogP contribution in [0.2, 0.25) is 0 Å². The van der Waals surface area contributed by atoms with E-state index in [1.807, 2.05) is 16.8 Å². The van der Waals surface area contributed by atoms with E-state index in [1.54, 1.807) is 12.3 Å². The van der Waals surface area contributed by atoms with Crippen molar-refractivity contribution in [1.82, 2.24) is 0 Å². The molecule has 1 N–H and O–H groups in total. The number of hydrogen-bond donors (Lipinski definition) is 1. The summed E-state index contributed by atoms with van der Waals surface area (Å²) in [5, 5.41) is 18.0. The van der Waals surface area contributed by atoms with Gasteiger partial charge in [-0.1, -0.05) is 45.4 Å². The molecule has 20 heavy (non-hydrogen) atoms. The van der Waals surface area contributed by atoms with Crippen LogP contribution in [-0.4, -0.2) is 5.90 Å². The van der Waals surface area contributed by atoms with E-state index in [0.29, 0.717) is 5.56 Å². The van der Waals surface area contributed by atoms with Crippen LogP contribution in [-0.2, 0) is 6.54 Å². The third-order valence-corrected chi connectivity index (χ3v) is 3.39. The number of pyridine rings is 1. The van der Waals surface area contributed by atoms with Gasteiger partial charge in [0.2, 0.25) is 0 Å². The lowest BCUT2D eigenvalue weighted by Crippen LogP contribution is -2.34. The Kier molecular flexibility index (Phi) is 11.1. The minimum absolute atomic E-state index is 0. The van der Waals surface area contributed by atoms with E-state index in [-0.39, 0.29) is 12.4 Å². The van der Waals surface area contributed by atoms with Gasteiger partial charge in [-0.2, -0.15) is 0 Å². The highest BCUT2D eigenvalue weighted by atomic mass is 35.5. The molecule has 0 aromatic carbocycles. The molecule has 1 aromatic rings. The smallest absolute Gasteiger partial charge is 0.176 e. The second kappa shape index (κ2) is 11.7. The first-order valence-corrected chi connectivity index (χ1v) is 7.49. The Morgan fingerprint density at radius 2 is 1.70 bits per heavy atom. The van der Waals surface area contributed by atoms with Crippen molar-refractivity contribution >= 4 is 18.3 Å². The Morgan fingerprint density at radius 3 is 2.30 bits per heavy atom. The molecule has 0 aliphatic heterocycles. The van der Waals surface area contributed by atoms with Crippen molar-refractivity contribution in [3.8, 4) is 0 Å². The number of aryl methyl sites for hydroxylation is 1. The van der Waals surface area contributed by atoms with E-state index in [2.05, 4.69) is 6.92 Å². The van der Waals surface area contributed by atoms with E-state index < -0.39 is 5.90 Å². The van der Waals surface area contributed by atoms with Gasteiger partial charge in [-0.15, -0.1) is 12.4 Å². The highest BCUT2D eigenvalue weighted by Crippen LogP contribution is 2.08. The average Bonchev–Trinajstić information content (AvgIpc) is 2.42. The Morgan fingerprint density at radius 1 is 1.10 bits per heavy atom. The molecule has 0 saturated carbocycles.